The second-order valence-corrected chi connectivity index (χ2v) is 6.39. The molecule has 6 nitrogen and oxygen atoms in total. The van der Waals surface area contributed by atoms with E-state index < -0.39 is 18.5 Å². The highest BCUT2D eigenvalue weighted by Crippen LogP contribution is 2.21. The van der Waals surface area contributed by atoms with Gasteiger partial charge in [0.05, 0.1) is 0 Å². The van der Waals surface area contributed by atoms with Gasteiger partial charge in [-0.1, -0.05) is 42.0 Å². The molecule has 0 N–H and O–H groups in total. The number of amides is 2. The fourth-order valence-electron chi connectivity index (χ4n) is 2.92. The van der Waals surface area contributed by atoms with Crippen LogP contribution < -0.4 is 4.74 Å². The molecule has 2 aromatic rings. The minimum Gasteiger partial charge on any atom is -0.488 e. The molecule has 1 aliphatic rings. The first kappa shape index (κ1) is 18.6. The highest BCUT2D eigenvalue weighted by molar-refractivity contribution is 5.99. The predicted molar refractivity (Wildman–Crippen MR) is 98.2 cm³/mol. The number of benzene rings is 2. The van der Waals surface area contributed by atoms with Crippen LogP contribution in [0.2, 0.25) is 0 Å². The van der Waals surface area contributed by atoms with Crippen LogP contribution in [-0.4, -0.2) is 35.8 Å². The molecule has 0 aromatic heterocycles. The fourth-order valence-corrected chi connectivity index (χ4v) is 2.92. The van der Waals surface area contributed by atoms with Gasteiger partial charge in [0.15, 0.2) is 6.61 Å². The number of ether oxygens (including phenoxy) is 2. The van der Waals surface area contributed by atoms with Gasteiger partial charge < -0.3 is 9.47 Å². The summed E-state index contributed by atoms with van der Waals surface area (Å²) in [6, 6.07) is 14.6. The van der Waals surface area contributed by atoms with Crippen LogP contribution in [0.4, 0.5) is 0 Å². The molecule has 1 aliphatic heterocycles. The van der Waals surface area contributed by atoms with E-state index in [2.05, 4.69) is 0 Å². The van der Waals surface area contributed by atoms with Gasteiger partial charge in [-0.2, -0.15) is 0 Å². The van der Waals surface area contributed by atoms with Gasteiger partial charge >= 0.3 is 5.97 Å². The summed E-state index contributed by atoms with van der Waals surface area (Å²) in [4.78, 5) is 37.1. The molecule has 2 aromatic carbocycles. The first-order valence-corrected chi connectivity index (χ1v) is 8.82. The first-order chi connectivity index (χ1) is 13.0. The van der Waals surface area contributed by atoms with E-state index >= 15 is 0 Å². The van der Waals surface area contributed by atoms with Crippen LogP contribution in [0.5, 0.6) is 5.75 Å². The molecule has 3 rings (SSSR count). The zero-order chi connectivity index (χ0) is 19.2. The lowest BCUT2D eigenvalue weighted by Gasteiger charge is -2.14. The number of aryl methyl sites for hydroxylation is 1. The predicted octanol–water partition coefficient (Wildman–Crippen LogP) is 2.88. The summed E-state index contributed by atoms with van der Waals surface area (Å²) < 4.78 is 10.9. The van der Waals surface area contributed by atoms with Crippen molar-refractivity contribution in [3.8, 4) is 5.75 Å². The summed E-state index contributed by atoms with van der Waals surface area (Å²) >= 11 is 0. The second-order valence-electron chi connectivity index (χ2n) is 6.39. The number of nitrogens with zero attached hydrogens (tertiary/aromatic N) is 1. The third kappa shape index (κ3) is 4.73. The maximum Gasteiger partial charge on any atom is 0.342 e. The topological polar surface area (TPSA) is 72.9 Å². The number of rotatable bonds is 6. The number of likely N-dealkylation sites (tertiary alicyclic amines) is 1. The van der Waals surface area contributed by atoms with E-state index in [1.165, 1.54) is 0 Å². The molecule has 27 heavy (non-hydrogen) atoms. The van der Waals surface area contributed by atoms with Gasteiger partial charge in [0.2, 0.25) is 5.91 Å². The summed E-state index contributed by atoms with van der Waals surface area (Å²) in [6.45, 7) is 2.23. The Labute approximate surface area is 157 Å². The smallest absolute Gasteiger partial charge is 0.342 e. The average Bonchev–Trinajstić information content (AvgIpc) is 3.10. The molecule has 0 unspecified atom stereocenters. The molecule has 0 aliphatic carbocycles. The fraction of sp³-hybridized carbons (Fsp3) is 0.286. The lowest BCUT2D eigenvalue weighted by atomic mass is 10.1. The van der Waals surface area contributed by atoms with Crippen molar-refractivity contribution in [2.24, 2.45) is 0 Å². The van der Waals surface area contributed by atoms with Crippen LogP contribution >= 0.6 is 0 Å². The summed E-state index contributed by atoms with van der Waals surface area (Å²) in [5, 5.41) is 0. The van der Waals surface area contributed by atoms with Gasteiger partial charge in [0, 0.05) is 13.0 Å². The zero-order valence-corrected chi connectivity index (χ0v) is 15.1. The molecule has 1 saturated heterocycles. The lowest BCUT2D eigenvalue weighted by molar-refractivity contribution is -0.143. The Kier molecular flexibility index (Phi) is 5.86. The van der Waals surface area contributed by atoms with Crippen molar-refractivity contribution in [3.63, 3.8) is 0 Å². The Bertz CT molecular complexity index is 861. The molecule has 1 fully saturated rings. The molecule has 2 amide bonds. The van der Waals surface area contributed by atoms with Crippen molar-refractivity contribution in [3.05, 3.63) is 65.2 Å². The zero-order valence-electron chi connectivity index (χ0n) is 15.1. The number of hydrogen-bond donors (Lipinski definition) is 0. The minimum atomic E-state index is -0.658. The van der Waals surface area contributed by atoms with Gasteiger partial charge in [0.25, 0.3) is 5.91 Å². The number of hydrogen-bond acceptors (Lipinski definition) is 5. The van der Waals surface area contributed by atoms with Crippen molar-refractivity contribution in [2.75, 3.05) is 13.2 Å². The van der Waals surface area contributed by atoms with Crippen LogP contribution in [-0.2, 0) is 20.9 Å². The number of para-hydroxylation sites is 1. The van der Waals surface area contributed by atoms with Crippen molar-refractivity contribution in [2.45, 2.75) is 26.4 Å². The van der Waals surface area contributed by atoms with Crippen molar-refractivity contribution in [1.29, 1.82) is 0 Å². The molecule has 0 atom stereocenters. The molecule has 6 heteroatoms. The Hall–Kier alpha value is -3.15. The van der Waals surface area contributed by atoms with Crippen LogP contribution in [0, 0.1) is 6.92 Å². The van der Waals surface area contributed by atoms with Crippen LogP contribution in [0.3, 0.4) is 0 Å². The first-order valence-electron chi connectivity index (χ1n) is 8.82. The number of imide groups is 1. The second kappa shape index (κ2) is 8.49. The maximum absolute atomic E-state index is 12.4. The normalized spacial score (nSPS) is 13.5. The Balaban J connectivity index is 1.61. The van der Waals surface area contributed by atoms with E-state index in [1.807, 2.05) is 31.2 Å². The van der Waals surface area contributed by atoms with E-state index in [9.17, 15) is 14.4 Å². The van der Waals surface area contributed by atoms with Gasteiger partial charge in [-0.3, -0.25) is 14.5 Å². The van der Waals surface area contributed by atoms with Crippen LogP contribution in [0.1, 0.15) is 34.3 Å². The highest BCUT2D eigenvalue weighted by atomic mass is 16.5. The third-order valence-electron chi connectivity index (χ3n) is 4.29. The van der Waals surface area contributed by atoms with E-state index in [0.29, 0.717) is 31.7 Å². The highest BCUT2D eigenvalue weighted by Gasteiger charge is 2.27. The third-order valence-corrected chi connectivity index (χ3v) is 4.29. The molecule has 0 radical (unpaired) electrons. The number of esters is 1. The Morgan fingerprint density at radius 1 is 1.11 bits per heavy atom. The van der Waals surface area contributed by atoms with Crippen molar-refractivity contribution < 1.29 is 23.9 Å². The summed E-state index contributed by atoms with van der Waals surface area (Å²) in [6.07, 6.45) is 1.00. The van der Waals surface area contributed by atoms with E-state index in [1.54, 1.807) is 24.3 Å². The number of carbonyl (C=O) groups excluding carboxylic acids is 3. The molecule has 0 spiro atoms. The van der Waals surface area contributed by atoms with Gasteiger partial charge in [-0.15, -0.1) is 0 Å². The number of carbonyl (C=O) groups is 3. The van der Waals surface area contributed by atoms with Gasteiger partial charge in [-0.25, -0.2) is 4.79 Å². The Morgan fingerprint density at radius 2 is 1.93 bits per heavy atom. The maximum atomic E-state index is 12.4. The molecule has 0 saturated carbocycles. The Morgan fingerprint density at radius 3 is 2.67 bits per heavy atom. The molecule has 140 valence electrons. The molecular weight excluding hydrogens is 346 g/mol. The van der Waals surface area contributed by atoms with Crippen molar-refractivity contribution >= 4 is 17.8 Å². The van der Waals surface area contributed by atoms with E-state index in [0.717, 1.165) is 16.0 Å². The van der Waals surface area contributed by atoms with Gasteiger partial charge in [-0.05, 0) is 31.0 Å². The summed E-state index contributed by atoms with van der Waals surface area (Å²) in [5.74, 6) is -0.995. The van der Waals surface area contributed by atoms with Crippen LogP contribution in [0.15, 0.2) is 48.5 Å². The quantitative estimate of drug-likeness (QED) is 0.734. The average molecular weight is 367 g/mol. The van der Waals surface area contributed by atoms with Crippen LogP contribution in [0.25, 0.3) is 0 Å². The van der Waals surface area contributed by atoms with E-state index in [4.69, 9.17) is 9.47 Å². The SMILES string of the molecule is Cc1cccc(COc2ccccc2C(=O)OCC(=O)N2CCCC2=O)c1. The van der Waals surface area contributed by atoms with Gasteiger partial charge in [0.1, 0.15) is 17.9 Å². The van der Waals surface area contributed by atoms with Crippen molar-refractivity contribution in [1.82, 2.24) is 4.90 Å². The van der Waals surface area contributed by atoms with E-state index in [-0.39, 0.29) is 11.5 Å². The standard InChI is InChI=1S/C21H21NO5/c1-15-6-4-7-16(12-15)13-26-18-9-3-2-8-17(18)21(25)27-14-20(24)22-11-5-10-19(22)23/h2-4,6-9,12H,5,10-11,13-14H2,1H3. The monoisotopic (exact) mass is 367 g/mol. The molecule has 1 heterocycles. The minimum absolute atomic E-state index is 0.224. The largest absolute Gasteiger partial charge is 0.488 e. The molecule has 0 bridgehead atoms. The summed E-state index contributed by atoms with van der Waals surface area (Å²) in [5.41, 5.74) is 2.35. The lowest BCUT2D eigenvalue weighted by Crippen LogP contribution is -2.35. The molecular formula is C21H21NO5. The summed E-state index contributed by atoms with van der Waals surface area (Å²) in [7, 11) is 0.